The molecule has 7 nitrogen and oxygen atoms in total. The third-order valence-electron chi connectivity index (χ3n) is 5.88. The van der Waals surface area contributed by atoms with Crippen molar-refractivity contribution in [3.8, 4) is 0 Å². The van der Waals surface area contributed by atoms with Crippen molar-refractivity contribution in [1.82, 2.24) is 0 Å². The molecule has 0 radical (unpaired) electrons. The Bertz CT molecular complexity index is 626. The molecule has 0 fully saturated rings. The molecule has 0 heterocycles. The third kappa shape index (κ3) is 7.31. The van der Waals surface area contributed by atoms with Crippen LogP contribution in [0.5, 0.6) is 0 Å². The SMILES string of the molecule is COC(=O)/C([N+]#N)=C(/O)C[C@@H](CO[Si](C)(C)C(C)(C)C)O[Si](C)(C)C(C)(C)C. The zero-order valence-corrected chi connectivity index (χ0v) is 21.5. The second-order valence-electron chi connectivity index (χ2n) is 10.2. The van der Waals surface area contributed by atoms with Gasteiger partial charge in [0.15, 0.2) is 27.4 Å². The van der Waals surface area contributed by atoms with E-state index in [0.717, 1.165) is 7.11 Å². The molecule has 0 aliphatic heterocycles. The Hall–Kier alpha value is -1.22. The van der Waals surface area contributed by atoms with E-state index in [2.05, 4.69) is 77.4 Å². The van der Waals surface area contributed by atoms with Crippen LogP contribution in [0.1, 0.15) is 48.0 Å². The summed E-state index contributed by atoms with van der Waals surface area (Å²) in [5.74, 6) is -1.28. The summed E-state index contributed by atoms with van der Waals surface area (Å²) in [4.78, 5) is 14.6. The fourth-order valence-corrected chi connectivity index (χ4v) is 4.25. The topological polar surface area (TPSA) is 93.1 Å². The molecule has 0 aromatic carbocycles. The number of diazo groups is 1. The minimum atomic E-state index is -2.17. The summed E-state index contributed by atoms with van der Waals surface area (Å²) in [6.45, 7) is 21.7. The Balaban J connectivity index is 5.73. The van der Waals surface area contributed by atoms with Gasteiger partial charge in [0.1, 0.15) is 0 Å². The van der Waals surface area contributed by atoms with Crippen LogP contribution in [0.15, 0.2) is 11.5 Å². The van der Waals surface area contributed by atoms with Crippen molar-refractivity contribution in [2.75, 3.05) is 13.7 Å². The lowest BCUT2D eigenvalue weighted by atomic mass is 10.2. The number of methoxy groups -OCH3 is 1. The molecule has 0 bridgehead atoms. The van der Waals surface area contributed by atoms with E-state index < -0.39 is 34.4 Å². The van der Waals surface area contributed by atoms with Gasteiger partial charge in [-0.15, -0.1) is 0 Å². The molecule has 0 aliphatic rings. The molecular formula is C19H39N2O5Si2+. The number of carbonyl (C=O) groups excluding carboxylic acids is 1. The fraction of sp³-hybridized carbons (Fsp3) is 0.842. The lowest BCUT2D eigenvalue weighted by Crippen LogP contribution is -2.48. The Morgan fingerprint density at radius 3 is 1.86 bits per heavy atom. The lowest BCUT2D eigenvalue weighted by Gasteiger charge is -2.41. The molecule has 0 saturated heterocycles. The number of esters is 1. The molecule has 0 unspecified atom stereocenters. The van der Waals surface area contributed by atoms with Crippen LogP contribution in [-0.4, -0.2) is 47.5 Å². The highest BCUT2D eigenvalue weighted by Crippen LogP contribution is 2.39. The van der Waals surface area contributed by atoms with Gasteiger partial charge in [-0.25, -0.2) is 4.79 Å². The first-order valence-electron chi connectivity index (χ1n) is 9.57. The van der Waals surface area contributed by atoms with Crippen LogP contribution in [0, 0.1) is 5.39 Å². The summed E-state index contributed by atoms with van der Waals surface area (Å²) in [6, 6.07) is 0. The van der Waals surface area contributed by atoms with Crippen molar-refractivity contribution in [2.24, 2.45) is 0 Å². The number of hydrogen-bond donors (Lipinski definition) is 1. The standard InChI is InChI=1S/C19H38N2O5Si2/c1-18(2,3)27(8,9)25-13-14(26-28(10,11)19(4,5)6)12-15(22)16(21-20)17(23)24-7/h14H,12-13H2,1-11H3/p+1/t14-/m0/s1. The van der Waals surface area contributed by atoms with E-state index in [9.17, 15) is 9.90 Å². The average Bonchev–Trinajstić information content (AvgIpc) is 2.50. The van der Waals surface area contributed by atoms with Gasteiger partial charge >= 0.3 is 11.7 Å². The van der Waals surface area contributed by atoms with Gasteiger partial charge < -0.3 is 18.7 Å². The average molecular weight is 432 g/mol. The summed E-state index contributed by atoms with van der Waals surface area (Å²) >= 11 is 0. The van der Waals surface area contributed by atoms with Gasteiger partial charge in [0, 0.05) is 6.42 Å². The third-order valence-corrected chi connectivity index (χ3v) is 14.9. The molecule has 0 amide bonds. The van der Waals surface area contributed by atoms with E-state index in [4.69, 9.17) is 14.2 Å². The highest BCUT2D eigenvalue weighted by molar-refractivity contribution is 6.74. The molecule has 162 valence electrons. The van der Waals surface area contributed by atoms with Crippen LogP contribution in [0.2, 0.25) is 36.3 Å². The predicted molar refractivity (Wildman–Crippen MR) is 117 cm³/mol. The maximum absolute atomic E-state index is 11.7. The maximum atomic E-state index is 11.7. The summed E-state index contributed by atoms with van der Waals surface area (Å²) < 4.78 is 17.3. The number of aliphatic hydroxyl groups is 1. The summed E-state index contributed by atoms with van der Waals surface area (Å²) in [6.07, 6.45) is -0.480. The van der Waals surface area contributed by atoms with E-state index in [0.29, 0.717) is 0 Å². The van der Waals surface area contributed by atoms with Crippen molar-refractivity contribution in [1.29, 1.82) is 5.39 Å². The molecule has 0 aromatic heterocycles. The first-order chi connectivity index (χ1) is 12.4. The monoisotopic (exact) mass is 431 g/mol. The van der Waals surface area contributed by atoms with Gasteiger partial charge in [-0.05, 0) is 36.3 Å². The smallest absolute Gasteiger partial charge is 0.505 e. The molecule has 0 aliphatic carbocycles. The lowest BCUT2D eigenvalue weighted by molar-refractivity contribution is -0.136. The van der Waals surface area contributed by atoms with Crippen LogP contribution < -0.4 is 0 Å². The van der Waals surface area contributed by atoms with Gasteiger partial charge in [-0.3, -0.25) is 0 Å². The Kier molecular flexibility index (Phi) is 9.11. The van der Waals surface area contributed by atoms with Gasteiger partial charge in [0.05, 0.1) is 19.8 Å². The zero-order chi connectivity index (χ0) is 22.6. The second kappa shape index (κ2) is 9.52. The van der Waals surface area contributed by atoms with E-state index in [1.165, 1.54) is 0 Å². The fourth-order valence-electron chi connectivity index (χ4n) is 1.87. The van der Waals surface area contributed by atoms with Crippen LogP contribution in [0.3, 0.4) is 0 Å². The highest BCUT2D eigenvalue weighted by Gasteiger charge is 2.42. The van der Waals surface area contributed by atoms with Gasteiger partial charge in [-0.1, -0.05) is 41.5 Å². The Morgan fingerprint density at radius 1 is 1.04 bits per heavy atom. The maximum Gasteiger partial charge on any atom is 0.505 e. The quantitative estimate of drug-likeness (QED) is 0.177. The first-order valence-corrected chi connectivity index (χ1v) is 15.4. The van der Waals surface area contributed by atoms with Crippen LogP contribution in [0.4, 0.5) is 0 Å². The normalized spacial score (nSPS) is 15.5. The Labute approximate surface area is 172 Å². The number of carbonyl (C=O) groups is 1. The van der Waals surface area contributed by atoms with Crippen molar-refractivity contribution in [2.45, 2.75) is 90.3 Å². The van der Waals surface area contributed by atoms with Gasteiger partial charge in [0.2, 0.25) is 5.39 Å². The van der Waals surface area contributed by atoms with E-state index in [1.54, 1.807) is 0 Å². The van der Waals surface area contributed by atoms with Crippen molar-refractivity contribution < 1.29 is 23.5 Å². The summed E-state index contributed by atoms with van der Waals surface area (Å²) in [5.41, 5.74) is -0.515. The molecule has 1 N–H and O–H groups in total. The van der Waals surface area contributed by atoms with Crippen molar-refractivity contribution in [3.63, 3.8) is 0 Å². The minimum Gasteiger partial charge on any atom is -0.505 e. The number of hydrogen-bond acceptors (Lipinski definition) is 6. The van der Waals surface area contributed by atoms with Crippen LogP contribution in [0.25, 0.3) is 4.98 Å². The number of ether oxygens (including phenoxy) is 1. The van der Waals surface area contributed by atoms with Crippen LogP contribution in [-0.2, 0) is 18.4 Å². The molecule has 1 atom stereocenters. The van der Waals surface area contributed by atoms with Crippen LogP contribution >= 0.6 is 0 Å². The molecular weight excluding hydrogens is 392 g/mol. The molecule has 28 heavy (non-hydrogen) atoms. The number of rotatable bonds is 8. The molecule has 0 spiro atoms. The molecule has 9 heteroatoms. The number of nitrogens with zero attached hydrogens (tertiary/aromatic N) is 2. The van der Waals surface area contributed by atoms with E-state index in [1.807, 2.05) is 0 Å². The molecule has 0 rings (SSSR count). The highest BCUT2D eigenvalue weighted by atomic mass is 28.4. The number of aliphatic hydroxyl groups excluding tert-OH is 1. The summed E-state index contributed by atoms with van der Waals surface area (Å²) in [5, 5.41) is 19.5. The largest absolute Gasteiger partial charge is 0.505 e. The zero-order valence-electron chi connectivity index (χ0n) is 19.5. The van der Waals surface area contributed by atoms with Crippen molar-refractivity contribution >= 4 is 22.6 Å². The van der Waals surface area contributed by atoms with E-state index in [-0.39, 0.29) is 28.9 Å². The van der Waals surface area contributed by atoms with Crippen molar-refractivity contribution in [3.05, 3.63) is 16.4 Å². The predicted octanol–water partition coefficient (Wildman–Crippen LogP) is 5.58. The van der Waals surface area contributed by atoms with Gasteiger partial charge in [-0.2, -0.15) is 0 Å². The summed E-state index contributed by atoms with van der Waals surface area (Å²) in [7, 11) is -3.04. The first kappa shape index (κ1) is 26.8. The molecule has 0 saturated carbocycles. The molecule has 0 aromatic rings. The second-order valence-corrected chi connectivity index (χ2v) is 19.7. The van der Waals surface area contributed by atoms with Gasteiger partial charge in [0.25, 0.3) is 0 Å². The Morgan fingerprint density at radius 2 is 1.50 bits per heavy atom. The van der Waals surface area contributed by atoms with E-state index >= 15 is 0 Å². The minimum absolute atomic E-state index is 0.00434.